The normalized spacial score (nSPS) is 14.0. The molecule has 4 rings (SSSR count). The summed E-state index contributed by atoms with van der Waals surface area (Å²) in [6.45, 7) is 1.45. The molecule has 1 aliphatic rings. The second-order valence-electron chi connectivity index (χ2n) is 9.55. The molecule has 1 saturated heterocycles. The van der Waals surface area contributed by atoms with Gasteiger partial charge in [-0.15, -0.1) is 0 Å². The molecule has 1 aromatic carbocycles. The molecule has 0 bridgehead atoms. The van der Waals surface area contributed by atoms with E-state index in [2.05, 4.69) is 5.32 Å². The fourth-order valence-corrected chi connectivity index (χ4v) is 5.14. The van der Waals surface area contributed by atoms with Crippen LogP contribution in [0, 0.1) is 0 Å². The molecule has 0 spiro atoms. The zero-order chi connectivity index (χ0) is 28.1. The van der Waals surface area contributed by atoms with Crippen LogP contribution in [0.15, 0.2) is 35.1 Å². The number of aliphatic hydroxyl groups is 1. The standard InChI is InChI=1S/C28H35FN4O6/c1-4-20-15-22-24(28(37)33(20)16-18-6-5-7-21(14-18)38-3)26(39-13-10-29)25(31(22)2)27(36)30-19-8-11-32(12-9-19)23(35)17-34/h5-7,14-15,19,34H,4,8-13,16-17H2,1-3H3,(H,30,36). The first kappa shape index (κ1) is 28.2. The van der Waals surface area contributed by atoms with Gasteiger partial charge < -0.3 is 33.9 Å². The van der Waals surface area contributed by atoms with Crippen molar-refractivity contribution in [2.75, 3.05) is 40.1 Å². The monoisotopic (exact) mass is 542 g/mol. The number of amides is 2. The summed E-state index contributed by atoms with van der Waals surface area (Å²) in [4.78, 5) is 40.8. The van der Waals surface area contributed by atoms with Crippen LogP contribution in [-0.4, -0.2) is 77.1 Å². The molecule has 0 saturated carbocycles. The zero-order valence-corrected chi connectivity index (χ0v) is 22.5. The summed E-state index contributed by atoms with van der Waals surface area (Å²) in [6.07, 6.45) is 1.62. The van der Waals surface area contributed by atoms with Gasteiger partial charge in [0.05, 0.1) is 19.2 Å². The molecule has 0 unspecified atom stereocenters. The molecule has 1 fully saturated rings. The molecule has 0 aliphatic carbocycles. The minimum absolute atomic E-state index is 0.0580. The molecular formula is C28H35FN4O6. The molecule has 1 aliphatic heterocycles. The maximum atomic E-state index is 13.9. The highest BCUT2D eigenvalue weighted by molar-refractivity contribution is 6.04. The molecule has 210 valence electrons. The number of hydrogen-bond acceptors (Lipinski definition) is 6. The predicted molar refractivity (Wildman–Crippen MR) is 144 cm³/mol. The molecule has 0 radical (unpaired) electrons. The van der Waals surface area contributed by atoms with E-state index in [1.165, 1.54) is 0 Å². The van der Waals surface area contributed by atoms with Gasteiger partial charge in [-0.25, -0.2) is 4.39 Å². The van der Waals surface area contributed by atoms with E-state index in [4.69, 9.17) is 14.6 Å². The summed E-state index contributed by atoms with van der Waals surface area (Å²) in [7, 11) is 3.27. The smallest absolute Gasteiger partial charge is 0.272 e. The maximum Gasteiger partial charge on any atom is 0.272 e. The second kappa shape index (κ2) is 12.3. The van der Waals surface area contributed by atoms with Gasteiger partial charge in [0, 0.05) is 31.9 Å². The molecule has 11 heteroatoms. The Morgan fingerprint density at radius 3 is 2.59 bits per heavy atom. The van der Waals surface area contributed by atoms with Gasteiger partial charge in [-0.3, -0.25) is 14.4 Å². The third-order valence-electron chi connectivity index (χ3n) is 7.20. The third-order valence-corrected chi connectivity index (χ3v) is 7.20. The summed E-state index contributed by atoms with van der Waals surface area (Å²) < 4.78 is 27.5. The van der Waals surface area contributed by atoms with Crippen LogP contribution in [0.1, 0.15) is 41.5 Å². The van der Waals surface area contributed by atoms with Crippen molar-refractivity contribution in [3.63, 3.8) is 0 Å². The number of aliphatic hydroxyl groups excluding tert-OH is 1. The van der Waals surface area contributed by atoms with Crippen molar-refractivity contribution in [1.29, 1.82) is 0 Å². The number of methoxy groups -OCH3 is 1. The molecule has 2 aromatic heterocycles. The van der Waals surface area contributed by atoms with E-state index in [9.17, 15) is 18.8 Å². The van der Waals surface area contributed by atoms with Crippen LogP contribution in [0.2, 0.25) is 0 Å². The summed E-state index contributed by atoms with van der Waals surface area (Å²) in [5, 5.41) is 12.3. The maximum absolute atomic E-state index is 13.9. The van der Waals surface area contributed by atoms with E-state index in [1.54, 1.807) is 28.2 Å². The Hall–Kier alpha value is -3.86. The van der Waals surface area contributed by atoms with Crippen LogP contribution < -0.4 is 20.3 Å². The van der Waals surface area contributed by atoms with Crippen molar-refractivity contribution in [2.45, 2.75) is 38.8 Å². The number of benzene rings is 1. The molecule has 2 N–H and O–H groups in total. The lowest BCUT2D eigenvalue weighted by atomic mass is 10.0. The number of pyridine rings is 1. The Labute approximate surface area is 225 Å². The lowest BCUT2D eigenvalue weighted by Gasteiger charge is -2.32. The topological polar surface area (TPSA) is 115 Å². The largest absolute Gasteiger partial charge is 0.497 e. The Morgan fingerprint density at radius 2 is 1.95 bits per heavy atom. The molecule has 2 amide bonds. The number of hydrogen-bond donors (Lipinski definition) is 2. The van der Waals surface area contributed by atoms with Gasteiger partial charge in [0.1, 0.15) is 31.0 Å². The van der Waals surface area contributed by atoms with Crippen molar-refractivity contribution >= 4 is 22.7 Å². The second-order valence-corrected chi connectivity index (χ2v) is 9.55. The van der Waals surface area contributed by atoms with Gasteiger partial charge in [0.2, 0.25) is 5.91 Å². The van der Waals surface area contributed by atoms with Crippen LogP contribution >= 0.6 is 0 Å². The molecular weight excluding hydrogens is 507 g/mol. The molecule has 0 atom stereocenters. The first-order valence-electron chi connectivity index (χ1n) is 13.1. The van der Waals surface area contributed by atoms with Crippen molar-refractivity contribution in [1.82, 2.24) is 19.4 Å². The van der Waals surface area contributed by atoms with Crippen LogP contribution in [0.3, 0.4) is 0 Å². The fourth-order valence-electron chi connectivity index (χ4n) is 5.14. The van der Waals surface area contributed by atoms with E-state index in [0.29, 0.717) is 50.2 Å². The van der Waals surface area contributed by atoms with Crippen LogP contribution in [0.4, 0.5) is 4.39 Å². The van der Waals surface area contributed by atoms with E-state index < -0.39 is 19.2 Å². The minimum atomic E-state index is -0.778. The van der Waals surface area contributed by atoms with E-state index in [1.807, 2.05) is 37.3 Å². The quantitative estimate of drug-likeness (QED) is 0.405. The van der Waals surface area contributed by atoms with Crippen LogP contribution in [0.25, 0.3) is 10.9 Å². The number of likely N-dealkylation sites (tertiary alicyclic amines) is 1. The Balaban J connectivity index is 1.73. The van der Waals surface area contributed by atoms with E-state index >= 15 is 0 Å². The number of fused-ring (bicyclic) bond motifs is 1. The third kappa shape index (κ3) is 5.78. The average Bonchev–Trinajstić information content (AvgIpc) is 3.24. The highest BCUT2D eigenvalue weighted by Gasteiger charge is 2.29. The number of nitrogens with one attached hydrogen (secondary N) is 1. The SMILES string of the molecule is CCc1cc2c(c(OCCF)c(C(=O)NC3CCN(C(=O)CO)CC3)n2C)c(=O)n1Cc1cccc(OC)c1. The highest BCUT2D eigenvalue weighted by Crippen LogP contribution is 2.32. The first-order valence-corrected chi connectivity index (χ1v) is 13.1. The number of nitrogens with zero attached hydrogens (tertiary/aromatic N) is 3. The molecule has 3 heterocycles. The summed E-state index contributed by atoms with van der Waals surface area (Å²) >= 11 is 0. The minimum Gasteiger partial charge on any atom is -0.497 e. The van der Waals surface area contributed by atoms with Crippen molar-refractivity contribution in [3.05, 3.63) is 57.6 Å². The number of aromatic nitrogens is 2. The van der Waals surface area contributed by atoms with E-state index in [-0.39, 0.29) is 40.9 Å². The number of carbonyl (C=O) groups is 2. The number of carbonyl (C=O) groups excluding carboxylic acids is 2. The van der Waals surface area contributed by atoms with Gasteiger partial charge in [-0.05, 0) is 43.0 Å². The number of alkyl halides is 1. The van der Waals surface area contributed by atoms with Gasteiger partial charge in [-0.2, -0.15) is 0 Å². The number of rotatable bonds is 10. The molecule has 10 nitrogen and oxygen atoms in total. The van der Waals surface area contributed by atoms with Gasteiger partial charge >= 0.3 is 0 Å². The lowest BCUT2D eigenvalue weighted by molar-refractivity contribution is -0.135. The van der Waals surface area contributed by atoms with Gasteiger partial charge in [0.25, 0.3) is 11.5 Å². The highest BCUT2D eigenvalue weighted by atomic mass is 19.1. The summed E-state index contributed by atoms with van der Waals surface area (Å²) in [5.41, 5.74) is 2.00. The summed E-state index contributed by atoms with van der Waals surface area (Å²) in [6, 6.07) is 9.12. The number of piperidine rings is 1. The number of halogens is 1. The molecule has 3 aromatic rings. The van der Waals surface area contributed by atoms with Crippen molar-refractivity contribution < 1.29 is 28.6 Å². The number of ether oxygens (including phenoxy) is 2. The fraction of sp³-hybridized carbons (Fsp3) is 0.464. The summed E-state index contributed by atoms with van der Waals surface area (Å²) in [5.74, 6) is -0.0435. The first-order chi connectivity index (χ1) is 18.8. The Bertz CT molecular complexity index is 1410. The zero-order valence-electron chi connectivity index (χ0n) is 22.5. The molecule has 39 heavy (non-hydrogen) atoms. The predicted octanol–water partition coefficient (Wildman–Crippen LogP) is 2.02. The lowest BCUT2D eigenvalue weighted by Crippen LogP contribution is -2.47. The number of aryl methyl sites for hydroxylation is 2. The van der Waals surface area contributed by atoms with E-state index in [0.717, 1.165) is 11.3 Å². The van der Waals surface area contributed by atoms with Crippen LogP contribution in [0.5, 0.6) is 11.5 Å². The van der Waals surface area contributed by atoms with Gasteiger partial charge in [0.15, 0.2) is 11.4 Å². The van der Waals surface area contributed by atoms with Crippen molar-refractivity contribution in [3.8, 4) is 11.5 Å². The van der Waals surface area contributed by atoms with Gasteiger partial charge in [-0.1, -0.05) is 19.1 Å². The van der Waals surface area contributed by atoms with Crippen LogP contribution in [-0.2, 0) is 24.8 Å². The Morgan fingerprint density at radius 1 is 1.21 bits per heavy atom. The average molecular weight is 543 g/mol. The van der Waals surface area contributed by atoms with Crippen molar-refractivity contribution in [2.24, 2.45) is 7.05 Å². The Kier molecular flexibility index (Phi) is 8.90.